The number of carbonyl (C=O) groups is 1. The van der Waals surface area contributed by atoms with E-state index in [1.165, 1.54) is 16.6 Å². The lowest BCUT2D eigenvalue weighted by Gasteiger charge is -2.12. The second-order valence-corrected chi connectivity index (χ2v) is 8.32. The van der Waals surface area contributed by atoms with Crippen LogP contribution >= 0.6 is 0 Å². The van der Waals surface area contributed by atoms with Gasteiger partial charge in [0.2, 0.25) is 0 Å². The zero-order valence-corrected chi connectivity index (χ0v) is 19.4. The summed E-state index contributed by atoms with van der Waals surface area (Å²) in [4.78, 5) is 17.2. The number of unbranched alkanes of at least 4 members (excludes halogenated alkanes) is 2. The molecular weight excluding hydrogens is 410 g/mol. The second-order valence-electron chi connectivity index (χ2n) is 8.32. The molecule has 5 heteroatoms. The Hall–Kier alpha value is -3.60. The summed E-state index contributed by atoms with van der Waals surface area (Å²) in [5.74, 6) is 1.83. The Labute approximate surface area is 195 Å². The zero-order chi connectivity index (χ0) is 23.0. The maximum atomic E-state index is 12.3. The fourth-order valence-electron chi connectivity index (χ4n) is 4.08. The summed E-state index contributed by atoms with van der Waals surface area (Å²) in [6.45, 7) is 3.67. The summed E-state index contributed by atoms with van der Waals surface area (Å²) in [7, 11) is 1.62. The number of nitrogens with zero attached hydrogens (tertiary/aromatic N) is 2. The van der Waals surface area contributed by atoms with E-state index in [2.05, 4.69) is 59.3 Å². The van der Waals surface area contributed by atoms with Crippen LogP contribution in [0.4, 0.5) is 0 Å². The van der Waals surface area contributed by atoms with Gasteiger partial charge in [0, 0.05) is 25.1 Å². The smallest absolute Gasteiger partial charge is 0.251 e. The maximum Gasteiger partial charge on any atom is 0.251 e. The highest BCUT2D eigenvalue weighted by atomic mass is 16.5. The van der Waals surface area contributed by atoms with Crippen molar-refractivity contribution < 1.29 is 9.53 Å². The van der Waals surface area contributed by atoms with Gasteiger partial charge in [-0.1, -0.05) is 42.8 Å². The molecule has 0 fully saturated rings. The second kappa shape index (κ2) is 10.8. The van der Waals surface area contributed by atoms with E-state index in [0.29, 0.717) is 12.1 Å². The van der Waals surface area contributed by atoms with Crippen LogP contribution in [0, 0.1) is 6.92 Å². The molecule has 0 spiro atoms. The molecule has 1 heterocycles. The molecule has 5 nitrogen and oxygen atoms in total. The van der Waals surface area contributed by atoms with Crippen LogP contribution in [0.5, 0.6) is 5.75 Å². The number of methoxy groups -OCH3 is 1. The third-order valence-corrected chi connectivity index (χ3v) is 6.04. The van der Waals surface area contributed by atoms with Crippen LogP contribution in [0.2, 0.25) is 0 Å². The van der Waals surface area contributed by atoms with Gasteiger partial charge in [-0.2, -0.15) is 0 Å². The van der Waals surface area contributed by atoms with Gasteiger partial charge in [-0.25, -0.2) is 4.98 Å². The number of nitrogens with one attached hydrogen (secondary N) is 1. The van der Waals surface area contributed by atoms with Gasteiger partial charge in [0.15, 0.2) is 0 Å². The summed E-state index contributed by atoms with van der Waals surface area (Å²) < 4.78 is 7.49. The van der Waals surface area contributed by atoms with Gasteiger partial charge >= 0.3 is 0 Å². The highest BCUT2D eigenvalue weighted by Crippen LogP contribution is 2.21. The Morgan fingerprint density at radius 2 is 1.70 bits per heavy atom. The zero-order valence-electron chi connectivity index (χ0n) is 19.4. The van der Waals surface area contributed by atoms with Crippen LogP contribution in [0.15, 0.2) is 72.8 Å². The third kappa shape index (κ3) is 5.61. The van der Waals surface area contributed by atoms with E-state index < -0.39 is 0 Å². The molecule has 1 aromatic heterocycles. The number of imidazole rings is 1. The number of aryl methyl sites for hydroxylation is 2. The van der Waals surface area contributed by atoms with Gasteiger partial charge < -0.3 is 14.6 Å². The summed E-state index contributed by atoms with van der Waals surface area (Å²) >= 11 is 0. The third-order valence-electron chi connectivity index (χ3n) is 6.04. The monoisotopic (exact) mass is 441 g/mol. The van der Waals surface area contributed by atoms with Crippen molar-refractivity contribution in [2.24, 2.45) is 0 Å². The van der Waals surface area contributed by atoms with Gasteiger partial charge in [0.05, 0.1) is 18.1 Å². The Morgan fingerprint density at radius 1 is 0.939 bits per heavy atom. The van der Waals surface area contributed by atoms with E-state index in [9.17, 15) is 4.79 Å². The van der Waals surface area contributed by atoms with Crippen molar-refractivity contribution in [1.82, 2.24) is 14.9 Å². The van der Waals surface area contributed by atoms with Crippen molar-refractivity contribution >= 4 is 16.9 Å². The SMILES string of the molecule is COc1ccc(C(=O)NCCCCCc2nc3ccccc3n2Cc2ccccc2C)cc1. The van der Waals surface area contributed by atoms with Gasteiger partial charge in [-0.05, 0) is 67.3 Å². The summed E-state index contributed by atoms with van der Waals surface area (Å²) in [6.07, 6.45) is 3.94. The number of amides is 1. The van der Waals surface area contributed by atoms with Crippen molar-refractivity contribution in [2.45, 2.75) is 39.2 Å². The number of hydrogen-bond donors (Lipinski definition) is 1. The van der Waals surface area contributed by atoms with Crippen LogP contribution in [0.3, 0.4) is 0 Å². The lowest BCUT2D eigenvalue weighted by atomic mass is 10.1. The number of rotatable bonds is 10. The number of para-hydroxylation sites is 2. The molecule has 0 saturated carbocycles. The normalized spacial score (nSPS) is 11.0. The quantitative estimate of drug-likeness (QED) is 0.329. The van der Waals surface area contributed by atoms with E-state index in [1.54, 1.807) is 31.4 Å². The lowest BCUT2D eigenvalue weighted by molar-refractivity contribution is 0.0953. The maximum absolute atomic E-state index is 12.3. The van der Waals surface area contributed by atoms with Crippen LogP contribution in [0.1, 0.15) is 46.6 Å². The first-order valence-electron chi connectivity index (χ1n) is 11.6. The standard InChI is InChI=1S/C28H31N3O2/c1-21-10-5-6-11-23(21)20-31-26-13-8-7-12-25(26)30-27(31)14-4-3-9-19-29-28(32)22-15-17-24(33-2)18-16-22/h5-8,10-13,15-18H,3-4,9,14,19-20H2,1-2H3,(H,29,32). The topological polar surface area (TPSA) is 56.1 Å². The van der Waals surface area contributed by atoms with E-state index in [1.807, 2.05) is 6.07 Å². The first-order valence-corrected chi connectivity index (χ1v) is 11.6. The molecule has 0 aliphatic carbocycles. The molecule has 0 radical (unpaired) electrons. The van der Waals surface area contributed by atoms with Crippen LogP contribution in [0.25, 0.3) is 11.0 Å². The Kier molecular flexibility index (Phi) is 7.40. The number of aromatic nitrogens is 2. The number of hydrogen-bond acceptors (Lipinski definition) is 3. The molecule has 1 amide bonds. The minimum absolute atomic E-state index is 0.0438. The molecule has 0 aliphatic heterocycles. The van der Waals surface area contributed by atoms with E-state index in [-0.39, 0.29) is 5.91 Å². The Bertz CT molecular complexity index is 1210. The fourth-order valence-corrected chi connectivity index (χ4v) is 4.08. The summed E-state index contributed by atoms with van der Waals surface area (Å²) in [5, 5.41) is 3.01. The number of fused-ring (bicyclic) bond motifs is 1. The average molecular weight is 442 g/mol. The molecule has 0 bridgehead atoms. The van der Waals surface area contributed by atoms with Crippen LogP contribution in [-0.2, 0) is 13.0 Å². The lowest BCUT2D eigenvalue weighted by Crippen LogP contribution is -2.24. The highest BCUT2D eigenvalue weighted by molar-refractivity contribution is 5.94. The van der Waals surface area contributed by atoms with Crippen molar-refractivity contribution in [3.05, 3.63) is 95.3 Å². The van der Waals surface area contributed by atoms with Gasteiger partial charge in [-0.3, -0.25) is 4.79 Å². The van der Waals surface area contributed by atoms with Crippen molar-refractivity contribution in [3.8, 4) is 5.75 Å². The first-order chi connectivity index (χ1) is 16.2. The van der Waals surface area contributed by atoms with E-state index in [4.69, 9.17) is 9.72 Å². The Balaban J connectivity index is 1.31. The van der Waals surface area contributed by atoms with Crippen molar-refractivity contribution in [1.29, 1.82) is 0 Å². The minimum atomic E-state index is -0.0438. The molecule has 4 rings (SSSR count). The first kappa shape index (κ1) is 22.6. The molecule has 0 aliphatic rings. The average Bonchev–Trinajstić information content (AvgIpc) is 3.19. The van der Waals surface area contributed by atoms with E-state index in [0.717, 1.165) is 49.3 Å². The number of ether oxygens (including phenoxy) is 1. The van der Waals surface area contributed by atoms with Gasteiger partial charge in [-0.15, -0.1) is 0 Å². The molecular formula is C28H31N3O2. The fraction of sp³-hybridized carbons (Fsp3) is 0.286. The predicted octanol–water partition coefficient (Wildman–Crippen LogP) is 5.54. The molecule has 0 unspecified atom stereocenters. The molecule has 0 saturated heterocycles. The highest BCUT2D eigenvalue weighted by Gasteiger charge is 2.12. The predicted molar refractivity (Wildman–Crippen MR) is 133 cm³/mol. The minimum Gasteiger partial charge on any atom is -0.497 e. The molecule has 4 aromatic rings. The van der Waals surface area contributed by atoms with Gasteiger partial charge in [0.25, 0.3) is 5.91 Å². The molecule has 33 heavy (non-hydrogen) atoms. The summed E-state index contributed by atoms with van der Waals surface area (Å²) in [5.41, 5.74) is 5.51. The number of benzene rings is 3. The number of carbonyl (C=O) groups excluding carboxylic acids is 1. The van der Waals surface area contributed by atoms with Crippen LogP contribution in [-0.4, -0.2) is 29.1 Å². The molecule has 1 N–H and O–H groups in total. The van der Waals surface area contributed by atoms with Crippen LogP contribution < -0.4 is 10.1 Å². The Morgan fingerprint density at radius 3 is 2.48 bits per heavy atom. The van der Waals surface area contributed by atoms with E-state index >= 15 is 0 Å². The van der Waals surface area contributed by atoms with Crippen molar-refractivity contribution in [2.75, 3.05) is 13.7 Å². The molecule has 3 aromatic carbocycles. The molecule has 170 valence electrons. The largest absolute Gasteiger partial charge is 0.497 e. The summed E-state index contributed by atoms with van der Waals surface area (Å²) in [6, 6.07) is 24.1. The van der Waals surface area contributed by atoms with Crippen molar-refractivity contribution in [3.63, 3.8) is 0 Å². The molecule has 0 atom stereocenters. The van der Waals surface area contributed by atoms with Gasteiger partial charge in [0.1, 0.15) is 11.6 Å².